The van der Waals surface area contributed by atoms with Crippen molar-refractivity contribution < 1.29 is 4.74 Å². The molecule has 3 unspecified atom stereocenters. The lowest BCUT2D eigenvalue weighted by atomic mass is 9.88. The molecular formula is C23H34N2O. The smallest absolute Gasteiger partial charge is 0.0994 e. The van der Waals surface area contributed by atoms with E-state index in [1.807, 2.05) is 12.5 Å². The molecule has 3 nitrogen and oxygen atoms in total. The van der Waals surface area contributed by atoms with Crippen molar-refractivity contribution in [1.82, 2.24) is 9.38 Å². The summed E-state index contributed by atoms with van der Waals surface area (Å²) in [5.74, 6) is 1.64. The van der Waals surface area contributed by atoms with Gasteiger partial charge in [0.1, 0.15) is 0 Å². The molecule has 0 radical (unpaired) electrons. The van der Waals surface area contributed by atoms with Crippen LogP contribution in [0.4, 0.5) is 0 Å². The van der Waals surface area contributed by atoms with Gasteiger partial charge in [0.2, 0.25) is 0 Å². The number of aryl methyl sites for hydroxylation is 1. The van der Waals surface area contributed by atoms with Gasteiger partial charge in [0.25, 0.3) is 0 Å². The SMILES string of the molecule is CC1CCC2C(C)(C)C2(OCCCCCCc2cccc3cncn23)C1. The molecule has 2 saturated carbocycles. The van der Waals surface area contributed by atoms with Crippen LogP contribution in [0.3, 0.4) is 0 Å². The molecule has 0 amide bonds. The van der Waals surface area contributed by atoms with E-state index in [0.29, 0.717) is 5.41 Å². The van der Waals surface area contributed by atoms with Gasteiger partial charge in [0, 0.05) is 12.3 Å². The second kappa shape index (κ2) is 6.99. The second-order valence-corrected chi connectivity index (χ2v) is 9.27. The zero-order valence-corrected chi connectivity index (χ0v) is 16.7. The van der Waals surface area contributed by atoms with Gasteiger partial charge in [-0.15, -0.1) is 0 Å². The zero-order valence-electron chi connectivity index (χ0n) is 16.7. The Morgan fingerprint density at radius 2 is 2.00 bits per heavy atom. The predicted octanol–water partition coefficient (Wildman–Crippen LogP) is 5.67. The number of fused-ring (bicyclic) bond motifs is 2. The van der Waals surface area contributed by atoms with Gasteiger partial charge in [-0.3, -0.25) is 0 Å². The van der Waals surface area contributed by atoms with E-state index in [2.05, 4.69) is 48.4 Å². The highest BCUT2D eigenvalue weighted by atomic mass is 16.5. The maximum Gasteiger partial charge on any atom is 0.0994 e. The van der Waals surface area contributed by atoms with Crippen molar-refractivity contribution in [3.8, 4) is 0 Å². The minimum Gasteiger partial charge on any atom is -0.374 e. The van der Waals surface area contributed by atoms with E-state index in [0.717, 1.165) is 24.9 Å². The van der Waals surface area contributed by atoms with Gasteiger partial charge >= 0.3 is 0 Å². The molecule has 0 bridgehead atoms. The molecule has 4 rings (SSSR count). The van der Waals surface area contributed by atoms with E-state index in [1.54, 1.807) is 0 Å². The van der Waals surface area contributed by atoms with E-state index in [9.17, 15) is 0 Å². The summed E-state index contributed by atoms with van der Waals surface area (Å²) in [5, 5.41) is 0. The normalized spacial score (nSPS) is 29.7. The summed E-state index contributed by atoms with van der Waals surface area (Å²) in [6, 6.07) is 6.47. The molecule has 0 aromatic carbocycles. The van der Waals surface area contributed by atoms with Crippen LogP contribution in [0.25, 0.3) is 5.52 Å². The highest BCUT2D eigenvalue weighted by Gasteiger charge is 2.72. The standard InChI is InChI=1S/C23H34N2O/c1-18-12-13-21-22(2,3)23(21,15-18)26-14-7-5-4-6-9-19-10-8-11-20-16-24-17-25(19)20/h8,10-11,16-18,21H,4-7,9,12-15H2,1-3H3. The van der Waals surface area contributed by atoms with Crippen LogP contribution in [0.2, 0.25) is 0 Å². The number of nitrogens with zero attached hydrogens (tertiary/aromatic N) is 2. The summed E-state index contributed by atoms with van der Waals surface area (Å²) in [6.07, 6.45) is 14.0. The molecule has 2 heterocycles. The van der Waals surface area contributed by atoms with Crippen molar-refractivity contribution in [3.63, 3.8) is 0 Å². The molecular weight excluding hydrogens is 320 g/mol. The van der Waals surface area contributed by atoms with Gasteiger partial charge in [-0.2, -0.15) is 0 Å². The fraction of sp³-hybridized carbons (Fsp3) is 0.696. The summed E-state index contributed by atoms with van der Waals surface area (Å²) in [4.78, 5) is 4.25. The Morgan fingerprint density at radius 1 is 1.15 bits per heavy atom. The molecule has 0 N–H and O–H groups in total. The summed E-state index contributed by atoms with van der Waals surface area (Å²) in [6.45, 7) is 8.19. The Morgan fingerprint density at radius 3 is 2.88 bits per heavy atom. The number of imidazole rings is 1. The minimum absolute atomic E-state index is 0.210. The number of hydrogen-bond acceptors (Lipinski definition) is 2. The maximum absolute atomic E-state index is 6.53. The van der Waals surface area contributed by atoms with Crippen LogP contribution in [-0.4, -0.2) is 21.6 Å². The summed E-state index contributed by atoms with van der Waals surface area (Å²) >= 11 is 0. The molecule has 26 heavy (non-hydrogen) atoms. The van der Waals surface area contributed by atoms with Gasteiger partial charge in [-0.25, -0.2) is 4.98 Å². The quantitative estimate of drug-likeness (QED) is 0.571. The number of ether oxygens (including phenoxy) is 1. The fourth-order valence-corrected chi connectivity index (χ4v) is 5.57. The fourth-order valence-electron chi connectivity index (χ4n) is 5.57. The first-order chi connectivity index (χ1) is 12.5. The predicted molar refractivity (Wildman–Crippen MR) is 106 cm³/mol. The Kier molecular flexibility index (Phi) is 4.85. The maximum atomic E-state index is 6.53. The molecule has 3 heteroatoms. The summed E-state index contributed by atoms with van der Waals surface area (Å²) in [7, 11) is 0. The first-order valence-corrected chi connectivity index (χ1v) is 10.6. The highest BCUT2D eigenvalue weighted by Crippen LogP contribution is 2.70. The number of hydrogen-bond donors (Lipinski definition) is 0. The average molecular weight is 355 g/mol. The summed E-state index contributed by atoms with van der Waals surface area (Å²) in [5.41, 5.74) is 3.18. The van der Waals surface area contributed by atoms with Gasteiger partial charge < -0.3 is 9.14 Å². The van der Waals surface area contributed by atoms with Crippen molar-refractivity contribution in [3.05, 3.63) is 36.4 Å². The number of aromatic nitrogens is 2. The van der Waals surface area contributed by atoms with Gasteiger partial charge in [-0.1, -0.05) is 46.1 Å². The van der Waals surface area contributed by atoms with Crippen LogP contribution in [0.1, 0.15) is 71.4 Å². The average Bonchev–Trinajstić information content (AvgIpc) is 2.94. The molecule has 3 atom stereocenters. The van der Waals surface area contributed by atoms with Gasteiger partial charge in [0.15, 0.2) is 0 Å². The molecule has 2 aromatic heterocycles. The van der Waals surface area contributed by atoms with E-state index in [4.69, 9.17) is 4.74 Å². The molecule has 0 aliphatic heterocycles. The van der Waals surface area contributed by atoms with Crippen LogP contribution in [0, 0.1) is 17.3 Å². The second-order valence-electron chi connectivity index (χ2n) is 9.27. The van der Waals surface area contributed by atoms with Crippen molar-refractivity contribution >= 4 is 5.52 Å². The van der Waals surface area contributed by atoms with Crippen molar-refractivity contribution in [2.75, 3.05) is 6.61 Å². The number of rotatable bonds is 8. The number of unbranched alkanes of at least 4 members (excludes halogenated alkanes) is 3. The van der Waals surface area contributed by atoms with E-state index >= 15 is 0 Å². The molecule has 0 spiro atoms. The van der Waals surface area contributed by atoms with Crippen LogP contribution in [0.15, 0.2) is 30.7 Å². The molecule has 2 aliphatic rings. The summed E-state index contributed by atoms with van der Waals surface area (Å²) < 4.78 is 8.74. The third-order valence-corrected chi connectivity index (χ3v) is 7.26. The van der Waals surface area contributed by atoms with Crippen molar-refractivity contribution in [2.45, 2.75) is 77.7 Å². The number of pyridine rings is 1. The van der Waals surface area contributed by atoms with Crippen LogP contribution in [0.5, 0.6) is 0 Å². The van der Waals surface area contributed by atoms with Gasteiger partial charge in [0.05, 0.1) is 23.6 Å². The molecule has 142 valence electrons. The van der Waals surface area contributed by atoms with Crippen LogP contribution >= 0.6 is 0 Å². The van der Waals surface area contributed by atoms with Crippen LogP contribution < -0.4 is 0 Å². The Bertz CT molecular complexity index is 750. The largest absolute Gasteiger partial charge is 0.374 e. The highest BCUT2D eigenvalue weighted by molar-refractivity contribution is 5.45. The van der Waals surface area contributed by atoms with Gasteiger partial charge in [-0.05, 0) is 61.5 Å². The van der Waals surface area contributed by atoms with Crippen molar-refractivity contribution in [1.29, 1.82) is 0 Å². The monoisotopic (exact) mass is 354 g/mol. The first-order valence-electron chi connectivity index (χ1n) is 10.6. The lowest BCUT2D eigenvalue weighted by molar-refractivity contribution is -0.0267. The lowest BCUT2D eigenvalue weighted by Crippen LogP contribution is -2.28. The molecule has 0 saturated heterocycles. The van der Waals surface area contributed by atoms with E-state index < -0.39 is 0 Å². The minimum atomic E-state index is 0.210. The topological polar surface area (TPSA) is 26.5 Å². The van der Waals surface area contributed by atoms with E-state index in [1.165, 1.54) is 56.2 Å². The molecule has 2 aliphatic carbocycles. The Labute approximate surface area is 158 Å². The lowest BCUT2D eigenvalue weighted by Gasteiger charge is -2.28. The third kappa shape index (κ3) is 3.09. The van der Waals surface area contributed by atoms with E-state index in [-0.39, 0.29) is 5.60 Å². The Hall–Kier alpha value is -1.35. The molecule has 2 aromatic rings. The van der Waals surface area contributed by atoms with Crippen molar-refractivity contribution in [2.24, 2.45) is 17.3 Å². The molecule has 2 fully saturated rings. The zero-order chi connectivity index (χ0) is 18.2. The Balaban J connectivity index is 1.17. The first kappa shape index (κ1) is 18.0. The van der Waals surface area contributed by atoms with Crippen LogP contribution in [-0.2, 0) is 11.2 Å². The third-order valence-electron chi connectivity index (χ3n) is 7.26.